The predicted octanol–water partition coefficient (Wildman–Crippen LogP) is 3.10. The zero-order valence-electron chi connectivity index (χ0n) is 13.4. The smallest absolute Gasteiger partial charge is 0.417 e. The summed E-state index contributed by atoms with van der Waals surface area (Å²) in [6.45, 7) is 1.31. The molecule has 3 aromatic rings. The molecule has 0 radical (unpaired) electrons. The van der Waals surface area contributed by atoms with Crippen LogP contribution >= 0.6 is 0 Å². The van der Waals surface area contributed by atoms with Crippen LogP contribution in [-0.4, -0.2) is 38.3 Å². The first-order valence-electron chi connectivity index (χ1n) is 8.18. The highest BCUT2D eigenvalue weighted by Gasteiger charge is 2.47. The van der Waals surface area contributed by atoms with Crippen molar-refractivity contribution in [2.75, 3.05) is 13.1 Å². The number of imidazole rings is 1. The van der Waals surface area contributed by atoms with E-state index in [0.29, 0.717) is 24.9 Å². The van der Waals surface area contributed by atoms with Crippen LogP contribution in [0.5, 0.6) is 0 Å². The van der Waals surface area contributed by atoms with Gasteiger partial charge in [-0.2, -0.15) is 13.2 Å². The van der Waals surface area contributed by atoms with Crippen molar-refractivity contribution in [3.8, 4) is 11.3 Å². The SMILES string of the molecule is O=C(c1cnc2c(-c3cnco3)cc(C(F)(F)F)cn12)N1CC2CC2C1. The second-order valence-electron chi connectivity index (χ2n) is 6.81. The minimum Gasteiger partial charge on any atom is -0.443 e. The Balaban J connectivity index is 1.66. The third-order valence-corrected chi connectivity index (χ3v) is 5.12. The fraction of sp³-hybridized carbons (Fsp3) is 0.353. The first-order chi connectivity index (χ1) is 12.4. The number of fused-ring (bicyclic) bond motifs is 2. The van der Waals surface area contributed by atoms with Crippen molar-refractivity contribution in [3.63, 3.8) is 0 Å². The number of rotatable bonds is 2. The Morgan fingerprint density at radius 3 is 2.65 bits per heavy atom. The van der Waals surface area contributed by atoms with Gasteiger partial charge in [-0.05, 0) is 24.3 Å². The number of oxazole rings is 1. The third-order valence-electron chi connectivity index (χ3n) is 5.12. The molecule has 0 spiro atoms. The molecule has 9 heteroatoms. The average molecular weight is 362 g/mol. The number of hydrogen-bond donors (Lipinski definition) is 0. The number of carbonyl (C=O) groups is 1. The Hall–Kier alpha value is -2.84. The standard InChI is InChI=1S/C17H13F3N4O2/c18-17(19,20)11-2-12(14-4-21-8-26-14)15-22-3-13(24(15)7-11)16(25)23-5-9-1-10(9)6-23/h2-4,7-10H,1,5-6H2. The highest BCUT2D eigenvalue weighted by atomic mass is 19.4. The zero-order chi connectivity index (χ0) is 18.1. The van der Waals surface area contributed by atoms with Crippen molar-refractivity contribution in [1.29, 1.82) is 0 Å². The lowest BCUT2D eigenvalue weighted by Gasteiger charge is -2.18. The summed E-state index contributed by atoms with van der Waals surface area (Å²) in [6, 6.07) is 0.960. The summed E-state index contributed by atoms with van der Waals surface area (Å²) < 4.78 is 46.4. The number of amides is 1. The van der Waals surface area contributed by atoms with Crippen molar-refractivity contribution < 1.29 is 22.4 Å². The van der Waals surface area contributed by atoms with Crippen LogP contribution in [0.15, 0.2) is 35.5 Å². The molecule has 2 fully saturated rings. The molecule has 0 N–H and O–H groups in total. The maximum absolute atomic E-state index is 13.4. The zero-order valence-corrected chi connectivity index (χ0v) is 13.4. The van der Waals surface area contributed by atoms with E-state index in [1.54, 1.807) is 4.90 Å². The Morgan fingerprint density at radius 1 is 1.23 bits per heavy atom. The summed E-state index contributed by atoms with van der Waals surface area (Å²) in [5.74, 6) is 0.933. The highest BCUT2D eigenvalue weighted by molar-refractivity contribution is 5.94. The Labute approximate surface area is 145 Å². The van der Waals surface area contributed by atoms with E-state index in [4.69, 9.17) is 4.42 Å². The van der Waals surface area contributed by atoms with E-state index < -0.39 is 11.7 Å². The fourth-order valence-electron chi connectivity index (χ4n) is 3.66. The van der Waals surface area contributed by atoms with Gasteiger partial charge in [-0.25, -0.2) is 9.97 Å². The van der Waals surface area contributed by atoms with Gasteiger partial charge in [0.15, 0.2) is 12.2 Å². The molecule has 1 saturated carbocycles. The molecule has 2 atom stereocenters. The predicted molar refractivity (Wildman–Crippen MR) is 83.2 cm³/mol. The molecular weight excluding hydrogens is 349 g/mol. The summed E-state index contributed by atoms with van der Waals surface area (Å²) >= 11 is 0. The van der Waals surface area contributed by atoms with E-state index >= 15 is 0 Å². The van der Waals surface area contributed by atoms with Crippen molar-refractivity contribution >= 4 is 11.6 Å². The maximum atomic E-state index is 13.4. The number of alkyl halides is 3. The summed E-state index contributed by atoms with van der Waals surface area (Å²) in [5, 5.41) is 0. The van der Waals surface area contributed by atoms with E-state index in [9.17, 15) is 18.0 Å². The van der Waals surface area contributed by atoms with Gasteiger partial charge in [0.2, 0.25) is 0 Å². The number of nitrogens with zero attached hydrogens (tertiary/aromatic N) is 4. The molecule has 4 heterocycles. The number of likely N-dealkylation sites (tertiary alicyclic amines) is 1. The first kappa shape index (κ1) is 15.4. The topological polar surface area (TPSA) is 63.6 Å². The van der Waals surface area contributed by atoms with Gasteiger partial charge in [-0.15, -0.1) is 0 Å². The van der Waals surface area contributed by atoms with Crippen molar-refractivity contribution in [1.82, 2.24) is 19.3 Å². The Bertz CT molecular complexity index is 999. The van der Waals surface area contributed by atoms with Gasteiger partial charge in [0.25, 0.3) is 5.91 Å². The van der Waals surface area contributed by atoms with Crippen LogP contribution in [0, 0.1) is 11.8 Å². The first-order valence-corrected chi connectivity index (χ1v) is 8.18. The molecule has 2 aliphatic rings. The van der Waals surface area contributed by atoms with E-state index in [2.05, 4.69) is 9.97 Å². The van der Waals surface area contributed by atoms with E-state index in [0.717, 1.165) is 25.1 Å². The third kappa shape index (κ3) is 2.30. The van der Waals surface area contributed by atoms with E-state index in [-0.39, 0.29) is 28.6 Å². The van der Waals surface area contributed by atoms with Gasteiger partial charge >= 0.3 is 6.18 Å². The number of hydrogen-bond acceptors (Lipinski definition) is 4. The van der Waals surface area contributed by atoms with Crippen LogP contribution < -0.4 is 0 Å². The van der Waals surface area contributed by atoms with Crippen LogP contribution in [0.4, 0.5) is 13.2 Å². The lowest BCUT2D eigenvalue weighted by Crippen LogP contribution is -2.31. The lowest BCUT2D eigenvalue weighted by atomic mass is 10.1. The second kappa shape index (κ2) is 5.09. The highest BCUT2D eigenvalue weighted by Crippen LogP contribution is 2.45. The largest absolute Gasteiger partial charge is 0.443 e. The molecule has 26 heavy (non-hydrogen) atoms. The second-order valence-corrected chi connectivity index (χ2v) is 6.81. The number of halogens is 3. The number of aromatic nitrogens is 3. The molecule has 1 saturated heterocycles. The molecule has 5 rings (SSSR count). The number of pyridine rings is 1. The van der Waals surface area contributed by atoms with Crippen LogP contribution in [0.1, 0.15) is 22.5 Å². The molecule has 2 unspecified atom stereocenters. The molecule has 3 aromatic heterocycles. The van der Waals surface area contributed by atoms with Crippen molar-refractivity contribution in [2.45, 2.75) is 12.6 Å². The van der Waals surface area contributed by atoms with E-state index in [1.807, 2.05) is 0 Å². The van der Waals surface area contributed by atoms with Gasteiger partial charge in [0.1, 0.15) is 11.3 Å². The Morgan fingerprint density at radius 2 is 2.00 bits per heavy atom. The van der Waals surface area contributed by atoms with Gasteiger partial charge in [-0.3, -0.25) is 9.20 Å². The fourth-order valence-corrected chi connectivity index (χ4v) is 3.66. The lowest BCUT2D eigenvalue weighted by molar-refractivity contribution is -0.137. The normalized spacial score (nSPS) is 22.0. The number of carbonyl (C=O) groups excluding carboxylic acids is 1. The number of piperidine rings is 1. The molecule has 6 nitrogen and oxygen atoms in total. The average Bonchev–Trinajstić information content (AvgIpc) is 3.09. The summed E-state index contributed by atoms with van der Waals surface area (Å²) in [5.41, 5.74) is -0.399. The Kier molecular flexibility index (Phi) is 3.02. The monoisotopic (exact) mass is 362 g/mol. The van der Waals surface area contributed by atoms with Crippen molar-refractivity contribution in [3.05, 3.63) is 42.3 Å². The quantitative estimate of drug-likeness (QED) is 0.703. The summed E-state index contributed by atoms with van der Waals surface area (Å²) in [4.78, 5) is 22.4. The molecule has 1 amide bonds. The van der Waals surface area contributed by atoms with Crippen LogP contribution in [0.2, 0.25) is 0 Å². The molecule has 1 aliphatic heterocycles. The van der Waals surface area contributed by atoms with Crippen molar-refractivity contribution in [2.24, 2.45) is 11.8 Å². The van der Waals surface area contributed by atoms with Gasteiger partial charge in [0.05, 0.1) is 23.5 Å². The molecule has 1 aliphatic carbocycles. The minimum absolute atomic E-state index is 0.119. The molecule has 0 bridgehead atoms. The molecule has 134 valence electrons. The summed E-state index contributed by atoms with van der Waals surface area (Å²) in [7, 11) is 0. The summed E-state index contributed by atoms with van der Waals surface area (Å²) in [6.07, 6.45) is 1.25. The minimum atomic E-state index is -4.57. The van der Waals surface area contributed by atoms with E-state index in [1.165, 1.54) is 16.8 Å². The van der Waals surface area contributed by atoms with Gasteiger partial charge in [-0.1, -0.05) is 0 Å². The van der Waals surface area contributed by atoms with Gasteiger partial charge in [0, 0.05) is 19.3 Å². The van der Waals surface area contributed by atoms with Crippen LogP contribution in [0.3, 0.4) is 0 Å². The molecule has 0 aromatic carbocycles. The van der Waals surface area contributed by atoms with Crippen LogP contribution in [-0.2, 0) is 6.18 Å². The molecular formula is C17H13F3N4O2. The maximum Gasteiger partial charge on any atom is 0.417 e. The van der Waals surface area contributed by atoms with Crippen LogP contribution in [0.25, 0.3) is 17.0 Å². The van der Waals surface area contributed by atoms with Gasteiger partial charge < -0.3 is 9.32 Å².